The van der Waals surface area contributed by atoms with Gasteiger partial charge >= 0.3 is 0 Å². The SMILES string of the molecule is C=C(/C=C\C(=C)c1ccc(-c2ccccc2)cc1)Nc1ccc(-c2cccc3c2oc2ccccc23)cc1.C=C/C=C(\C=C)c1ccc2oc3ccccc3c2c1. The lowest BCUT2D eigenvalue weighted by atomic mass is 10.0. The summed E-state index contributed by atoms with van der Waals surface area (Å²) in [7, 11) is 0. The van der Waals surface area contributed by atoms with Crippen LogP contribution >= 0.6 is 0 Å². The van der Waals surface area contributed by atoms with E-state index in [1.165, 1.54) is 11.1 Å². The van der Waals surface area contributed by atoms with E-state index >= 15 is 0 Å². The molecule has 2 heterocycles. The largest absolute Gasteiger partial charge is 0.456 e. The highest BCUT2D eigenvalue weighted by Gasteiger charge is 2.12. The molecule has 0 bridgehead atoms. The molecule has 0 saturated heterocycles. The average molecular weight is 736 g/mol. The van der Waals surface area contributed by atoms with Crippen LogP contribution in [-0.4, -0.2) is 0 Å². The van der Waals surface area contributed by atoms with Gasteiger partial charge in [-0.25, -0.2) is 0 Å². The second-order valence-electron chi connectivity index (χ2n) is 13.7. The summed E-state index contributed by atoms with van der Waals surface area (Å²) in [6.45, 7) is 16.0. The summed E-state index contributed by atoms with van der Waals surface area (Å²) in [6, 6.07) is 55.9. The number of rotatable bonds is 10. The molecular weight excluding hydrogens is 695 g/mol. The van der Waals surface area contributed by atoms with Crippen LogP contribution in [0.3, 0.4) is 0 Å². The van der Waals surface area contributed by atoms with Crippen LogP contribution in [0.2, 0.25) is 0 Å². The second-order valence-corrected chi connectivity index (χ2v) is 13.7. The van der Waals surface area contributed by atoms with Crippen molar-refractivity contribution < 1.29 is 8.83 Å². The van der Waals surface area contributed by atoms with Crippen molar-refractivity contribution in [3.8, 4) is 22.3 Å². The summed E-state index contributed by atoms with van der Waals surface area (Å²) in [4.78, 5) is 0. The number of anilines is 1. The molecule has 0 amide bonds. The molecule has 1 N–H and O–H groups in total. The minimum atomic E-state index is 0.791. The molecule has 57 heavy (non-hydrogen) atoms. The van der Waals surface area contributed by atoms with Crippen molar-refractivity contribution in [1.29, 1.82) is 0 Å². The van der Waals surface area contributed by atoms with Crippen LogP contribution in [0.4, 0.5) is 5.69 Å². The quantitative estimate of drug-likeness (QED) is 0.142. The molecule has 3 nitrogen and oxygen atoms in total. The molecule has 0 spiro atoms. The number of allylic oxidation sites excluding steroid dienone is 7. The van der Waals surface area contributed by atoms with E-state index in [0.717, 1.165) is 88.7 Å². The van der Waals surface area contributed by atoms with Crippen molar-refractivity contribution in [1.82, 2.24) is 0 Å². The predicted molar refractivity (Wildman–Crippen MR) is 244 cm³/mol. The summed E-state index contributed by atoms with van der Waals surface area (Å²) >= 11 is 0. The first kappa shape index (κ1) is 36.4. The molecule has 0 atom stereocenters. The average Bonchev–Trinajstić information content (AvgIpc) is 3.84. The number of benzene rings is 7. The Morgan fingerprint density at radius 2 is 1.09 bits per heavy atom. The minimum absolute atomic E-state index is 0.791. The van der Waals surface area contributed by atoms with E-state index < -0.39 is 0 Å². The molecule has 0 saturated carbocycles. The monoisotopic (exact) mass is 735 g/mol. The molecule has 3 heteroatoms. The van der Waals surface area contributed by atoms with E-state index in [4.69, 9.17) is 8.83 Å². The van der Waals surface area contributed by atoms with Crippen LogP contribution in [0.1, 0.15) is 11.1 Å². The number of para-hydroxylation sites is 3. The lowest BCUT2D eigenvalue weighted by Crippen LogP contribution is -1.95. The molecule has 9 rings (SSSR count). The number of hydrogen-bond acceptors (Lipinski definition) is 3. The first-order valence-corrected chi connectivity index (χ1v) is 18.9. The summed E-state index contributed by atoms with van der Waals surface area (Å²) in [5.74, 6) is 0. The molecule has 7 aromatic carbocycles. The normalized spacial score (nSPS) is 11.5. The Hall–Kier alpha value is -7.62. The molecule has 0 fully saturated rings. The lowest BCUT2D eigenvalue weighted by molar-refractivity contribution is 0.669. The zero-order valence-corrected chi connectivity index (χ0v) is 31.6. The van der Waals surface area contributed by atoms with Gasteiger partial charge in [0, 0.05) is 38.5 Å². The van der Waals surface area contributed by atoms with Crippen LogP contribution in [0.5, 0.6) is 0 Å². The van der Waals surface area contributed by atoms with Gasteiger partial charge in [0.1, 0.15) is 22.3 Å². The third kappa shape index (κ3) is 7.82. The number of furan rings is 2. The standard InChI is InChI=1S/C36H27NO.C18H14O/c1-25(27-17-19-29(20-18-27)28-9-4-3-5-10-28)15-16-26(2)37-31-23-21-30(22-24-31)32-12-8-13-34-33-11-6-7-14-35(33)38-36(32)34;1-3-7-13(4-2)14-10-11-18-16(12-14)15-8-5-6-9-17(15)19-18/h3-24,37H,1-2H2;3-12H,1-2H2/b16-15-;13-7+. The summed E-state index contributed by atoms with van der Waals surface area (Å²) in [6.07, 6.45) is 9.51. The predicted octanol–water partition coefficient (Wildman–Crippen LogP) is 15.5. The Kier molecular flexibility index (Phi) is 10.5. The molecule has 0 unspecified atom stereocenters. The van der Waals surface area contributed by atoms with Crippen molar-refractivity contribution in [3.63, 3.8) is 0 Å². The van der Waals surface area contributed by atoms with Gasteiger partial charge in [-0.1, -0.05) is 178 Å². The maximum absolute atomic E-state index is 6.21. The fourth-order valence-corrected chi connectivity index (χ4v) is 7.05. The molecule has 0 radical (unpaired) electrons. The van der Waals surface area contributed by atoms with E-state index in [0.29, 0.717) is 0 Å². The van der Waals surface area contributed by atoms with Crippen molar-refractivity contribution in [3.05, 3.63) is 237 Å². The van der Waals surface area contributed by atoms with Crippen LogP contribution in [0.25, 0.3) is 77.3 Å². The zero-order chi connectivity index (χ0) is 39.1. The highest BCUT2D eigenvalue weighted by Crippen LogP contribution is 2.36. The zero-order valence-electron chi connectivity index (χ0n) is 31.6. The number of fused-ring (bicyclic) bond motifs is 6. The maximum atomic E-state index is 6.21. The van der Waals surface area contributed by atoms with E-state index in [1.807, 2.05) is 78.9 Å². The molecule has 0 aliphatic rings. The van der Waals surface area contributed by atoms with Gasteiger partial charge < -0.3 is 14.2 Å². The molecule has 9 aromatic rings. The van der Waals surface area contributed by atoms with Crippen molar-refractivity contribution in [2.75, 3.05) is 5.32 Å². The van der Waals surface area contributed by atoms with Crippen molar-refractivity contribution in [2.24, 2.45) is 0 Å². The minimum Gasteiger partial charge on any atom is -0.456 e. The van der Waals surface area contributed by atoms with Crippen molar-refractivity contribution in [2.45, 2.75) is 0 Å². The smallest absolute Gasteiger partial charge is 0.143 e. The fourth-order valence-electron chi connectivity index (χ4n) is 7.05. The Labute approximate surface area is 333 Å². The van der Waals surface area contributed by atoms with Crippen LogP contribution < -0.4 is 5.32 Å². The van der Waals surface area contributed by atoms with E-state index in [9.17, 15) is 0 Å². The Morgan fingerprint density at radius 3 is 1.81 bits per heavy atom. The van der Waals surface area contributed by atoms with Gasteiger partial charge in [0.2, 0.25) is 0 Å². The number of hydrogen-bond donors (Lipinski definition) is 1. The third-order valence-electron chi connectivity index (χ3n) is 9.98. The third-order valence-corrected chi connectivity index (χ3v) is 9.98. The number of nitrogens with one attached hydrogen (secondary N) is 1. The van der Waals surface area contributed by atoms with Crippen LogP contribution in [0.15, 0.2) is 235 Å². The van der Waals surface area contributed by atoms with Gasteiger partial charge in [-0.05, 0) is 81.4 Å². The van der Waals surface area contributed by atoms with E-state index in [1.54, 1.807) is 6.08 Å². The summed E-state index contributed by atoms with van der Waals surface area (Å²) < 4.78 is 12.0. The molecule has 274 valence electrons. The van der Waals surface area contributed by atoms with Gasteiger partial charge in [-0.3, -0.25) is 0 Å². The Balaban J connectivity index is 0.000000200. The van der Waals surface area contributed by atoms with E-state index in [-0.39, 0.29) is 0 Å². The highest BCUT2D eigenvalue weighted by atomic mass is 16.3. The Bertz CT molecular complexity index is 2970. The lowest BCUT2D eigenvalue weighted by Gasteiger charge is -2.09. The topological polar surface area (TPSA) is 38.3 Å². The molecule has 0 aliphatic carbocycles. The van der Waals surface area contributed by atoms with Crippen molar-refractivity contribution >= 4 is 60.7 Å². The second kappa shape index (κ2) is 16.4. The van der Waals surface area contributed by atoms with E-state index in [2.05, 4.69) is 141 Å². The van der Waals surface area contributed by atoms with Gasteiger partial charge in [0.05, 0.1) is 0 Å². The summed E-state index contributed by atoms with van der Waals surface area (Å²) in [5, 5.41) is 7.91. The van der Waals surface area contributed by atoms with Crippen LogP contribution in [-0.2, 0) is 0 Å². The highest BCUT2D eigenvalue weighted by molar-refractivity contribution is 6.09. The molecule has 0 aliphatic heterocycles. The van der Waals surface area contributed by atoms with Crippen LogP contribution in [0, 0.1) is 0 Å². The van der Waals surface area contributed by atoms with Gasteiger partial charge in [0.25, 0.3) is 0 Å². The van der Waals surface area contributed by atoms with Gasteiger partial charge in [-0.2, -0.15) is 0 Å². The first-order valence-electron chi connectivity index (χ1n) is 18.9. The first-order chi connectivity index (χ1) is 28.0. The maximum Gasteiger partial charge on any atom is 0.143 e. The molecule has 2 aromatic heterocycles. The fraction of sp³-hybridized carbons (Fsp3) is 0. The summed E-state index contributed by atoms with van der Waals surface area (Å²) in [5.41, 5.74) is 14.2. The Morgan fingerprint density at radius 1 is 0.491 bits per heavy atom. The van der Waals surface area contributed by atoms with Gasteiger partial charge in [0.15, 0.2) is 0 Å². The van der Waals surface area contributed by atoms with Gasteiger partial charge in [-0.15, -0.1) is 0 Å². The molecular formula is C54H41NO2.